The number of hydrogen-bond donors (Lipinski definition) is 1. The van der Waals surface area contributed by atoms with Gasteiger partial charge in [-0.25, -0.2) is 0 Å². The summed E-state index contributed by atoms with van der Waals surface area (Å²) in [4.78, 5) is 27.1. The lowest BCUT2D eigenvalue weighted by molar-refractivity contribution is -0.142. The SMILES string of the molecule is CCCNC(=O)[C@H](C)N(Cc1ccc(Br)cc1)C(=O)COc1cc(OC)cc(OC)c1. The molecule has 1 N–H and O–H groups in total. The monoisotopic (exact) mass is 492 g/mol. The molecule has 1 atom stereocenters. The molecule has 0 saturated carbocycles. The number of hydrogen-bond acceptors (Lipinski definition) is 5. The lowest BCUT2D eigenvalue weighted by Gasteiger charge is -2.28. The minimum absolute atomic E-state index is 0.199. The Morgan fingerprint density at radius 3 is 2.16 bits per heavy atom. The molecule has 31 heavy (non-hydrogen) atoms. The minimum Gasteiger partial charge on any atom is -0.496 e. The number of halogens is 1. The first kappa shape index (κ1) is 24.5. The molecule has 0 aliphatic heterocycles. The van der Waals surface area contributed by atoms with E-state index in [0.29, 0.717) is 23.8 Å². The van der Waals surface area contributed by atoms with E-state index in [2.05, 4.69) is 21.2 Å². The van der Waals surface area contributed by atoms with Crippen molar-refractivity contribution in [3.05, 3.63) is 52.5 Å². The maximum Gasteiger partial charge on any atom is 0.261 e. The van der Waals surface area contributed by atoms with Crippen molar-refractivity contribution >= 4 is 27.7 Å². The number of ether oxygens (including phenoxy) is 3. The Morgan fingerprint density at radius 2 is 1.61 bits per heavy atom. The molecule has 168 valence electrons. The molecular weight excluding hydrogens is 464 g/mol. The van der Waals surface area contributed by atoms with E-state index in [1.807, 2.05) is 31.2 Å². The van der Waals surface area contributed by atoms with Crippen LogP contribution in [0.2, 0.25) is 0 Å². The van der Waals surface area contributed by atoms with Crippen LogP contribution < -0.4 is 19.5 Å². The van der Waals surface area contributed by atoms with Crippen molar-refractivity contribution in [2.45, 2.75) is 32.9 Å². The van der Waals surface area contributed by atoms with Crippen LogP contribution in [0.15, 0.2) is 46.9 Å². The molecule has 0 spiro atoms. The quantitative estimate of drug-likeness (QED) is 0.516. The van der Waals surface area contributed by atoms with E-state index in [9.17, 15) is 9.59 Å². The fourth-order valence-electron chi connectivity index (χ4n) is 2.86. The Hall–Kier alpha value is -2.74. The zero-order valence-corrected chi connectivity index (χ0v) is 19.9. The maximum absolute atomic E-state index is 13.1. The van der Waals surface area contributed by atoms with Crippen LogP contribution >= 0.6 is 15.9 Å². The first-order chi connectivity index (χ1) is 14.9. The Balaban J connectivity index is 2.16. The van der Waals surface area contributed by atoms with Gasteiger partial charge in [-0.1, -0.05) is 35.0 Å². The summed E-state index contributed by atoms with van der Waals surface area (Å²) in [6, 6.07) is 12.0. The topological polar surface area (TPSA) is 77.1 Å². The molecule has 0 aromatic heterocycles. The van der Waals surface area contributed by atoms with Crippen molar-refractivity contribution in [2.75, 3.05) is 27.4 Å². The number of carbonyl (C=O) groups is 2. The number of carbonyl (C=O) groups excluding carboxylic acids is 2. The van der Waals surface area contributed by atoms with Gasteiger partial charge in [-0.05, 0) is 31.0 Å². The van der Waals surface area contributed by atoms with Gasteiger partial charge < -0.3 is 24.4 Å². The van der Waals surface area contributed by atoms with Crippen molar-refractivity contribution in [3.8, 4) is 17.2 Å². The van der Waals surface area contributed by atoms with Crippen LogP contribution in [0.3, 0.4) is 0 Å². The molecule has 2 aromatic rings. The molecule has 2 rings (SSSR count). The Bertz CT molecular complexity index is 851. The van der Waals surface area contributed by atoms with Gasteiger partial charge in [0, 0.05) is 35.8 Å². The molecule has 0 radical (unpaired) electrons. The van der Waals surface area contributed by atoms with Crippen LogP contribution in [-0.4, -0.2) is 50.1 Å². The van der Waals surface area contributed by atoms with E-state index >= 15 is 0 Å². The van der Waals surface area contributed by atoms with Gasteiger partial charge in [0.05, 0.1) is 14.2 Å². The lowest BCUT2D eigenvalue weighted by Crippen LogP contribution is -2.49. The molecule has 2 aromatic carbocycles. The van der Waals surface area contributed by atoms with E-state index in [-0.39, 0.29) is 25.0 Å². The summed E-state index contributed by atoms with van der Waals surface area (Å²) in [5.74, 6) is 1.05. The van der Waals surface area contributed by atoms with Gasteiger partial charge in [-0.3, -0.25) is 9.59 Å². The summed E-state index contributed by atoms with van der Waals surface area (Å²) in [5, 5.41) is 2.85. The van der Waals surface area contributed by atoms with E-state index in [0.717, 1.165) is 16.5 Å². The second-order valence-electron chi connectivity index (χ2n) is 6.95. The van der Waals surface area contributed by atoms with Crippen molar-refractivity contribution in [2.24, 2.45) is 0 Å². The summed E-state index contributed by atoms with van der Waals surface area (Å²) < 4.78 is 17.1. The van der Waals surface area contributed by atoms with Gasteiger partial charge in [0.2, 0.25) is 5.91 Å². The standard InChI is InChI=1S/C23H29BrN2O5/c1-5-10-25-23(28)16(2)26(14-17-6-8-18(24)9-7-17)22(27)15-31-21-12-19(29-3)11-20(13-21)30-4/h6-9,11-13,16H,5,10,14-15H2,1-4H3,(H,25,28)/t16-/m0/s1. The van der Waals surface area contributed by atoms with Gasteiger partial charge in [-0.2, -0.15) is 0 Å². The fourth-order valence-corrected chi connectivity index (χ4v) is 3.12. The predicted octanol–water partition coefficient (Wildman–Crippen LogP) is 3.79. The number of methoxy groups -OCH3 is 2. The van der Waals surface area contributed by atoms with Crippen molar-refractivity contribution in [1.29, 1.82) is 0 Å². The maximum atomic E-state index is 13.1. The molecule has 0 unspecified atom stereocenters. The largest absolute Gasteiger partial charge is 0.496 e. The fraction of sp³-hybridized carbons (Fsp3) is 0.391. The molecular formula is C23H29BrN2O5. The zero-order chi connectivity index (χ0) is 22.8. The van der Waals surface area contributed by atoms with Crippen molar-refractivity contribution in [1.82, 2.24) is 10.2 Å². The van der Waals surface area contributed by atoms with E-state index < -0.39 is 6.04 Å². The van der Waals surface area contributed by atoms with Gasteiger partial charge >= 0.3 is 0 Å². The highest BCUT2D eigenvalue weighted by atomic mass is 79.9. The van der Waals surface area contributed by atoms with Gasteiger partial charge in [-0.15, -0.1) is 0 Å². The van der Waals surface area contributed by atoms with E-state index in [4.69, 9.17) is 14.2 Å². The molecule has 0 saturated heterocycles. The van der Waals surface area contributed by atoms with Gasteiger partial charge in [0.15, 0.2) is 6.61 Å². The number of benzene rings is 2. The van der Waals surface area contributed by atoms with E-state index in [1.54, 1.807) is 39.3 Å². The van der Waals surface area contributed by atoms with Gasteiger partial charge in [0.25, 0.3) is 5.91 Å². The summed E-state index contributed by atoms with van der Waals surface area (Å²) >= 11 is 3.41. The molecule has 0 aliphatic rings. The van der Waals surface area contributed by atoms with Crippen molar-refractivity contribution in [3.63, 3.8) is 0 Å². The molecule has 0 bridgehead atoms. The highest BCUT2D eigenvalue weighted by Gasteiger charge is 2.26. The molecule has 8 heteroatoms. The third-order valence-corrected chi connectivity index (χ3v) is 5.20. The molecule has 7 nitrogen and oxygen atoms in total. The normalized spacial score (nSPS) is 11.4. The Morgan fingerprint density at radius 1 is 1.03 bits per heavy atom. The number of nitrogens with one attached hydrogen (secondary N) is 1. The molecule has 2 amide bonds. The summed E-state index contributed by atoms with van der Waals surface area (Å²) in [5.41, 5.74) is 0.912. The number of nitrogens with zero attached hydrogens (tertiary/aromatic N) is 1. The van der Waals surface area contributed by atoms with Gasteiger partial charge in [0.1, 0.15) is 23.3 Å². The second-order valence-corrected chi connectivity index (χ2v) is 7.87. The van der Waals surface area contributed by atoms with Crippen LogP contribution in [0.25, 0.3) is 0 Å². The summed E-state index contributed by atoms with van der Waals surface area (Å²) in [6.07, 6.45) is 0.819. The van der Waals surface area contributed by atoms with Crippen LogP contribution in [0, 0.1) is 0 Å². The Kier molecular flexibility index (Phi) is 9.65. The summed E-state index contributed by atoms with van der Waals surface area (Å²) in [6.45, 7) is 4.32. The highest BCUT2D eigenvalue weighted by molar-refractivity contribution is 9.10. The number of rotatable bonds is 11. The number of amides is 2. The highest BCUT2D eigenvalue weighted by Crippen LogP contribution is 2.27. The van der Waals surface area contributed by atoms with Crippen LogP contribution in [-0.2, 0) is 16.1 Å². The Labute approximate surface area is 191 Å². The molecule has 0 fully saturated rings. The zero-order valence-electron chi connectivity index (χ0n) is 18.3. The van der Waals surface area contributed by atoms with Crippen LogP contribution in [0.4, 0.5) is 0 Å². The van der Waals surface area contributed by atoms with Crippen LogP contribution in [0.5, 0.6) is 17.2 Å². The third kappa shape index (κ3) is 7.47. The molecule has 0 aliphatic carbocycles. The van der Waals surface area contributed by atoms with Crippen molar-refractivity contribution < 1.29 is 23.8 Å². The smallest absolute Gasteiger partial charge is 0.261 e. The first-order valence-corrected chi connectivity index (χ1v) is 10.8. The minimum atomic E-state index is -0.647. The average molecular weight is 493 g/mol. The van der Waals surface area contributed by atoms with Crippen LogP contribution in [0.1, 0.15) is 25.8 Å². The predicted molar refractivity (Wildman–Crippen MR) is 122 cm³/mol. The lowest BCUT2D eigenvalue weighted by atomic mass is 10.1. The first-order valence-electron chi connectivity index (χ1n) is 10.1. The summed E-state index contributed by atoms with van der Waals surface area (Å²) in [7, 11) is 3.08. The third-order valence-electron chi connectivity index (χ3n) is 4.67. The molecule has 0 heterocycles. The average Bonchev–Trinajstić information content (AvgIpc) is 2.79. The van der Waals surface area contributed by atoms with E-state index in [1.165, 1.54) is 4.90 Å². The second kappa shape index (κ2) is 12.2.